The number of carbonyl (C=O) groups is 3. The van der Waals surface area contributed by atoms with Crippen LogP contribution in [0.2, 0.25) is 0 Å². The molecule has 1 fully saturated rings. The Balaban J connectivity index is 0. The maximum absolute atomic E-state index is 11.1. The van der Waals surface area contributed by atoms with Gasteiger partial charge in [0, 0.05) is 16.7 Å². The molecule has 0 radical (unpaired) electrons. The average Bonchev–Trinajstić information content (AvgIpc) is 2.66. The first-order valence-corrected chi connectivity index (χ1v) is 9.85. The van der Waals surface area contributed by atoms with Crippen LogP contribution in [0.25, 0.3) is 0 Å². The number of ether oxygens (including phenoxy) is 3. The topological polar surface area (TPSA) is 78.9 Å². The Bertz CT molecular complexity index is 568. The maximum Gasteiger partial charge on any atom is 0.333 e. The molecule has 1 aliphatic carbocycles. The molecule has 0 atom stereocenters. The van der Waals surface area contributed by atoms with Crippen molar-refractivity contribution < 1.29 is 28.6 Å². The van der Waals surface area contributed by atoms with Crippen LogP contribution in [0, 0.1) is 5.92 Å². The summed E-state index contributed by atoms with van der Waals surface area (Å²) in [5.41, 5.74) is 1.39. The molecule has 0 aromatic heterocycles. The first-order chi connectivity index (χ1) is 13.4. The van der Waals surface area contributed by atoms with Gasteiger partial charge in [0.2, 0.25) is 0 Å². The van der Waals surface area contributed by atoms with Crippen LogP contribution < -0.4 is 0 Å². The molecule has 0 bridgehead atoms. The largest absolute Gasteiger partial charge is 0.466 e. The van der Waals surface area contributed by atoms with Gasteiger partial charge in [-0.05, 0) is 52.4 Å². The highest BCUT2D eigenvalue weighted by atomic mass is 16.5. The Morgan fingerprint density at radius 1 is 0.828 bits per heavy atom. The minimum atomic E-state index is -0.347. The Kier molecular flexibility index (Phi) is 16.5. The molecule has 0 aromatic carbocycles. The first-order valence-electron chi connectivity index (χ1n) is 9.85. The molecule has 1 rings (SSSR count). The van der Waals surface area contributed by atoms with Gasteiger partial charge in [-0.15, -0.1) is 0 Å². The molecule has 0 aliphatic heterocycles. The van der Waals surface area contributed by atoms with E-state index in [1.54, 1.807) is 20.8 Å². The fourth-order valence-corrected chi connectivity index (χ4v) is 1.97. The maximum atomic E-state index is 11.1. The summed E-state index contributed by atoms with van der Waals surface area (Å²) < 4.78 is 14.3. The lowest BCUT2D eigenvalue weighted by Crippen LogP contribution is -2.20. The summed E-state index contributed by atoms with van der Waals surface area (Å²) in [5, 5.41) is 0. The van der Waals surface area contributed by atoms with Crippen LogP contribution in [0.5, 0.6) is 0 Å². The number of rotatable bonds is 6. The third-order valence-corrected chi connectivity index (χ3v) is 3.60. The van der Waals surface area contributed by atoms with Crippen LogP contribution in [-0.2, 0) is 28.6 Å². The third-order valence-electron chi connectivity index (χ3n) is 3.60. The number of esters is 3. The normalized spacial score (nSPS) is 12.9. The van der Waals surface area contributed by atoms with E-state index in [-0.39, 0.29) is 24.0 Å². The van der Waals surface area contributed by atoms with E-state index in [9.17, 15) is 14.4 Å². The summed E-state index contributed by atoms with van der Waals surface area (Å²) in [7, 11) is 1.33. The second-order valence-electron chi connectivity index (χ2n) is 7.49. The molecule has 0 N–H and O–H groups in total. The van der Waals surface area contributed by atoms with Gasteiger partial charge < -0.3 is 14.2 Å². The van der Waals surface area contributed by atoms with E-state index in [1.807, 2.05) is 13.8 Å². The van der Waals surface area contributed by atoms with Crippen molar-refractivity contribution in [2.75, 3.05) is 13.7 Å². The predicted octanol–water partition coefficient (Wildman–Crippen LogP) is 4.94. The Hall–Kier alpha value is -2.37. The summed E-state index contributed by atoms with van der Waals surface area (Å²) in [6, 6.07) is 0. The van der Waals surface area contributed by atoms with Crippen LogP contribution in [0.4, 0.5) is 0 Å². The molecule has 166 valence electrons. The molecule has 0 amide bonds. The summed E-state index contributed by atoms with van der Waals surface area (Å²) in [6.07, 6.45) is 5.87. The van der Waals surface area contributed by atoms with Gasteiger partial charge in [0.05, 0.1) is 13.7 Å². The second kappa shape index (κ2) is 16.6. The summed E-state index contributed by atoms with van der Waals surface area (Å²) in [4.78, 5) is 32.0. The van der Waals surface area contributed by atoms with Crippen molar-refractivity contribution in [3.63, 3.8) is 0 Å². The Morgan fingerprint density at radius 3 is 1.59 bits per heavy atom. The zero-order valence-corrected chi connectivity index (χ0v) is 19.0. The molecular formula is C23H38O6. The highest BCUT2D eigenvalue weighted by Crippen LogP contribution is 2.20. The first kappa shape index (κ1) is 28.8. The van der Waals surface area contributed by atoms with Gasteiger partial charge in [-0.25, -0.2) is 14.4 Å². The van der Waals surface area contributed by atoms with Crippen LogP contribution in [0.15, 0.2) is 36.5 Å². The second-order valence-corrected chi connectivity index (χ2v) is 7.49. The number of hydrogen-bond acceptors (Lipinski definition) is 6. The quantitative estimate of drug-likeness (QED) is 0.351. The number of methoxy groups -OCH3 is 1. The molecule has 1 saturated carbocycles. The zero-order valence-electron chi connectivity index (χ0n) is 19.0. The van der Waals surface area contributed by atoms with Crippen LogP contribution in [0.1, 0.15) is 66.7 Å². The van der Waals surface area contributed by atoms with Gasteiger partial charge in [-0.2, -0.15) is 0 Å². The van der Waals surface area contributed by atoms with E-state index < -0.39 is 0 Å². The molecule has 0 unspecified atom stereocenters. The van der Waals surface area contributed by atoms with Crippen molar-refractivity contribution in [2.45, 2.75) is 72.8 Å². The number of carbonyl (C=O) groups excluding carboxylic acids is 3. The van der Waals surface area contributed by atoms with Crippen molar-refractivity contribution in [1.82, 2.24) is 0 Å². The summed E-state index contributed by atoms with van der Waals surface area (Å²) >= 11 is 0. The van der Waals surface area contributed by atoms with Crippen molar-refractivity contribution in [3.8, 4) is 0 Å². The van der Waals surface area contributed by atoms with E-state index >= 15 is 0 Å². The van der Waals surface area contributed by atoms with Gasteiger partial charge in [-0.3, -0.25) is 0 Å². The fraction of sp³-hybridized carbons (Fsp3) is 0.609. The van der Waals surface area contributed by atoms with Crippen molar-refractivity contribution in [3.05, 3.63) is 36.5 Å². The van der Waals surface area contributed by atoms with Gasteiger partial charge >= 0.3 is 17.9 Å². The van der Waals surface area contributed by atoms with E-state index in [0.717, 1.165) is 12.8 Å². The van der Waals surface area contributed by atoms with E-state index in [2.05, 4.69) is 24.5 Å². The predicted molar refractivity (Wildman–Crippen MR) is 115 cm³/mol. The third kappa shape index (κ3) is 17.5. The lowest BCUT2D eigenvalue weighted by Gasteiger charge is -2.21. The van der Waals surface area contributed by atoms with E-state index in [4.69, 9.17) is 9.47 Å². The minimum Gasteiger partial charge on any atom is -0.466 e. The van der Waals surface area contributed by atoms with E-state index in [1.165, 1.54) is 26.4 Å². The van der Waals surface area contributed by atoms with Gasteiger partial charge in [0.1, 0.15) is 6.10 Å². The summed E-state index contributed by atoms with van der Waals surface area (Å²) in [5.74, 6) is -0.487. The van der Waals surface area contributed by atoms with Crippen LogP contribution >= 0.6 is 0 Å². The molecular weight excluding hydrogens is 372 g/mol. The van der Waals surface area contributed by atoms with Gasteiger partial charge in [-0.1, -0.05) is 40.0 Å². The standard InChI is InChI=1S/C10H16O2.C8H14O2.C5H8O2/c1-8(2)10(11)12-9-6-4-3-5-7-9;1-6(2)5-10-8(9)7(3)4;1-4(2)5(6)7-3/h9H,1,3-7H2,2H3;6H,3,5H2,1-2,4H3;1H2,2-3H3. The smallest absolute Gasteiger partial charge is 0.333 e. The van der Waals surface area contributed by atoms with Crippen LogP contribution in [0.3, 0.4) is 0 Å². The lowest BCUT2D eigenvalue weighted by molar-refractivity contribution is -0.145. The average molecular weight is 411 g/mol. The van der Waals surface area contributed by atoms with Crippen molar-refractivity contribution in [2.24, 2.45) is 5.92 Å². The van der Waals surface area contributed by atoms with Gasteiger partial charge in [0.25, 0.3) is 0 Å². The molecule has 0 heterocycles. The van der Waals surface area contributed by atoms with Crippen LogP contribution in [-0.4, -0.2) is 37.7 Å². The SMILES string of the molecule is C=C(C)C(=O)OC.C=C(C)C(=O)OC1CCCCC1.C=C(C)C(=O)OCC(C)C. The molecule has 6 nitrogen and oxygen atoms in total. The fourth-order valence-electron chi connectivity index (χ4n) is 1.97. The minimum absolute atomic E-state index is 0.156. The molecule has 29 heavy (non-hydrogen) atoms. The molecule has 0 spiro atoms. The molecule has 0 aromatic rings. The zero-order chi connectivity index (χ0) is 23.0. The monoisotopic (exact) mass is 410 g/mol. The molecule has 6 heteroatoms. The van der Waals surface area contributed by atoms with E-state index in [0.29, 0.717) is 29.2 Å². The van der Waals surface area contributed by atoms with Gasteiger partial charge in [0.15, 0.2) is 0 Å². The lowest BCUT2D eigenvalue weighted by atomic mass is 9.98. The summed E-state index contributed by atoms with van der Waals surface area (Å²) in [6.45, 7) is 19.7. The highest BCUT2D eigenvalue weighted by molar-refractivity contribution is 5.87. The Morgan fingerprint density at radius 2 is 1.28 bits per heavy atom. The van der Waals surface area contributed by atoms with Crippen molar-refractivity contribution >= 4 is 17.9 Å². The highest BCUT2D eigenvalue weighted by Gasteiger charge is 2.17. The molecule has 0 saturated heterocycles. The van der Waals surface area contributed by atoms with Crippen molar-refractivity contribution in [1.29, 1.82) is 0 Å². The number of hydrogen-bond donors (Lipinski definition) is 0. The Labute approximate surface area is 176 Å². The molecule has 1 aliphatic rings.